The van der Waals surface area contributed by atoms with Crippen molar-refractivity contribution in [2.24, 2.45) is 0 Å². The number of benzene rings is 2. The Morgan fingerprint density at radius 3 is 2.04 bits per heavy atom. The molecule has 0 N–H and O–H groups in total. The van der Waals surface area contributed by atoms with Crippen molar-refractivity contribution < 1.29 is 18.8 Å². The van der Waals surface area contributed by atoms with Crippen molar-refractivity contribution in [3.8, 4) is 11.3 Å². The van der Waals surface area contributed by atoms with E-state index in [1.54, 1.807) is 54.6 Å². The maximum Gasteiger partial charge on any atom is 0.194 e. The first-order chi connectivity index (χ1) is 11.2. The second-order valence-electron chi connectivity index (χ2n) is 5.28. The zero-order valence-corrected chi connectivity index (χ0v) is 11.9. The molecule has 3 aromatic rings. The number of ketones is 2. The SMILES string of the molecule is O=Cc1ccc(-c2ccc3c(c2)C(=O)c2ccccc2C3=O)o1. The van der Waals surface area contributed by atoms with Crippen LogP contribution in [0.1, 0.15) is 42.4 Å². The largest absolute Gasteiger partial charge is 0.453 e. The maximum atomic E-state index is 12.7. The molecule has 0 aliphatic heterocycles. The van der Waals surface area contributed by atoms with E-state index in [2.05, 4.69) is 0 Å². The summed E-state index contributed by atoms with van der Waals surface area (Å²) in [5.41, 5.74) is 2.24. The van der Waals surface area contributed by atoms with Gasteiger partial charge < -0.3 is 4.42 Å². The van der Waals surface area contributed by atoms with Crippen LogP contribution in [-0.2, 0) is 0 Å². The van der Waals surface area contributed by atoms with E-state index >= 15 is 0 Å². The van der Waals surface area contributed by atoms with E-state index in [1.165, 1.54) is 0 Å². The molecule has 1 heterocycles. The summed E-state index contributed by atoms with van der Waals surface area (Å²) < 4.78 is 5.38. The molecule has 0 radical (unpaired) electrons. The highest BCUT2D eigenvalue weighted by Crippen LogP contribution is 2.31. The Hall–Kier alpha value is -3.27. The third-order valence-corrected chi connectivity index (χ3v) is 3.95. The molecular weight excluding hydrogens is 292 g/mol. The molecule has 110 valence electrons. The molecule has 0 amide bonds. The normalized spacial score (nSPS) is 12.7. The van der Waals surface area contributed by atoms with Crippen molar-refractivity contribution in [2.75, 3.05) is 0 Å². The lowest BCUT2D eigenvalue weighted by molar-refractivity contribution is 0.0979. The van der Waals surface area contributed by atoms with Crippen LogP contribution in [0.4, 0.5) is 0 Å². The topological polar surface area (TPSA) is 64.3 Å². The van der Waals surface area contributed by atoms with Crippen LogP contribution in [0.3, 0.4) is 0 Å². The van der Waals surface area contributed by atoms with Gasteiger partial charge in [-0.05, 0) is 24.3 Å². The van der Waals surface area contributed by atoms with E-state index in [0.29, 0.717) is 39.9 Å². The van der Waals surface area contributed by atoms with Crippen LogP contribution in [-0.4, -0.2) is 17.9 Å². The summed E-state index contributed by atoms with van der Waals surface area (Å²) in [5, 5.41) is 0. The monoisotopic (exact) mass is 302 g/mol. The molecule has 0 spiro atoms. The Balaban J connectivity index is 1.87. The van der Waals surface area contributed by atoms with Crippen LogP contribution >= 0.6 is 0 Å². The number of hydrogen-bond donors (Lipinski definition) is 0. The quantitative estimate of drug-likeness (QED) is 0.531. The summed E-state index contributed by atoms with van der Waals surface area (Å²) in [7, 11) is 0. The summed E-state index contributed by atoms with van der Waals surface area (Å²) in [4.78, 5) is 35.9. The van der Waals surface area contributed by atoms with Crippen molar-refractivity contribution in [1.29, 1.82) is 0 Å². The second-order valence-corrected chi connectivity index (χ2v) is 5.28. The molecule has 0 saturated carbocycles. The summed E-state index contributed by atoms with van der Waals surface area (Å²) in [6.07, 6.45) is 0.618. The first-order valence-electron chi connectivity index (χ1n) is 7.07. The predicted octanol–water partition coefficient (Wildman–Crippen LogP) is 3.53. The van der Waals surface area contributed by atoms with Crippen molar-refractivity contribution >= 4 is 17.9 Å². The standard InChI is InChI=1S/C19H10O4/c20-10-12-6-8-17(23-12)11-5-7-15-16(9-11)19(22)14-4-2-1-3-13(14)18(15)21/h1-10H. The molecule has 1 aromatic heterocycles. The average Bonchev–Trinajstić information content (AvgIpc) is 3.08. The summed E-state index contributed by atoms with van der Waals surface area (Å²) in [6.45, 7) is 0. The highest BCUT2D eigenvalue weighted by molar-refractivity contribution is 6.28. The van der Waals surface area contributed by atoms with E-state index < -0.39 is 0 Å². The van der Waals surface area contributed by atoms with Crippen molar-refractivity contribution in [2.45, 2.75) is 0 Å². The fourth-order valence-electron chi connectivity index (χ4n) is 2.82. The molecule has 1 aliphatic rings. The van der Waals surface area contributed by atoms with E-state index in [-0.39, 0.29) is 17.3 Å². The van der Waals surface area contributed by atoms with Gasteiger partial charge >= 0.3 is 0 Å². The summed E-state index contributed by atoms with van der Waals surface area (Å²) in [5.74, 6) is 0.355. The number of carbonyl (C=O) groups excluding carboxylic acids is 3. The van der Waals surface area contributed by atoms with Crippen LogP contribution in [0.5, 0.6) is 0 Å². The molecule has 0 saturated heterocycles. The van der Waals surface area contributed by atoms with Crippen LogP contribution in [0.2, 0.25) is 0 Å². The van der Waals surface area contributed by atoms with Gasteiger partial charge in [-0.2, -0.15) is 0 Å². The summed E-state index contributed by atoms with van der Waals surface area (Å²) >= 11 is 0. The number of carbonyl (C=O) groups is 3. The van der Waals surface area contributed by atoms with Gasteiger partial charge in [0.1, 0.15) is 5.76 Å². The van der Waals surface area contributed by atoms with Gasteiger partial charge in [-0.25, -0.2) is 0 Å². The Bertz CT molecular complexity index is 979. The van der Waals surface area contributed by atoms with E-state index in [1.807, 2.05) is 0 Å². The fourth-order valence-corrected chi connectivity index (χ4v) is 2.82. The van der Waals surface area contributed by atoms with E-state index in [9.17, 15) is 14.4 Å². The first-order valence-corrected chi connectivity index (χ1v) is 7.07. The minimum atomic E-state index is -0.181. The number of rotatable bonds is 2. The number of aldehydes is 1. The van der Waals surface area contributed by atoms with E-state index in [4.69, 9.17) is 4.42 Å². The molecular formula is C19H10O4. The van der Waals surface area contributed by atoms with Crippen molar-refractivity contribution in [3.63, 3.8) is 0 Å². The van der Waals surface area contributed by atoms with Gasteiger partial charge in [-0.3, -0.25) is 14.4 Å². The zero-order chi connectivity index (χ0) is 16.0. The van der Waals surface area contributed by atoms with Crippen LogP contribution in [0.15, 0.2) is 59.0 Å². The molecule has 2 aromatic carbocycles. The van der Waals surface area contributed by atoms with E-state index in [0.717, 1.165) is 0 Å². The zero-order valence-electron chi connectivity index (χ0n) is 11.9. The molecule has 1 aliphatic carbocycles. The van der Waals surface area contributed by atoms with Gasteiger partial charge in [-0.1, -0.05) is 30.3 Å². The van der Waals surface area contributed by atoms with Crippen LogP contribution in [0.25, 0.3) is 11.3 Å². The third kappa shape index (κ3) is 1.96. The Kier molecular flexibility index (Phi) is 2.84. The summed E-state index contributed by atoms with van der Waals surface area (Å²) in [6, 6.07) is 15.0. The van der Waals surface area contributed by atoms with Gasteiger partial charge in [0.05, 0.1) is 0 Å². The lowest BCUT2D eigenvalue weighted by atomic mass is 9.83. The van der Waals surface area contributed by atoms with Gasteiger partial charge in [0, 0.05) is 27.8 Å². The molecule has 23 heavy (non-hydrogen) atoms. The van der Waals surface area contributed by atoms with Gasteiger partial charge in [0.2, 0.25) is 0 Å². The smallest absolute Gasteiger partial charge is 0.194 e. The molecule has 0 bridgehead atoms. The number of furan rings is 1. The van der Waals surface area contributed by atoms with Crippen molar-refractivity contribution in [3.05, 3.63) is 82.6 Å². The molecule has 0 fully saturated rings. The van der Waals surface area contributed by atoms with Crippen LogP contribution in [0, 0.1) is 0 Å². The second kappa shape index (κ2) is 4.88. The van der Waals surface area contributed by atoms with Crippen LogP contribution < -0.4 is 0 Å². The average molecular weight is 302 g/mol. The Morgan fingerprint density at radius 2 is 1.39 bits per heavy atom. The van der Waals surface area contributed by atoms with Gasteiger partial charge in [0.15, 0.2) is 23.6 Å². The lowest BCUT2D eigenvalue weighted by Crippen LogP contribution is -2.20. The molecule has 4 rings (SSSR count). The lowest BCUT2D eigenvalue weighted by Gasteiger charge is -2.17. The van der Waals surface area contributed by atoms with Gasteiger partial charge in [0.25, 0.3) is 0 Å². The minimum Gasteiger partial charge on any atom is -0.453 e. The van der Waals surface area contributed by atoms with Gasteiger partial charge in [-0.15, -0.1) is 0 Å². The molecule has 4 heteroatoms. The molecule has 0 atom stereocenters. The fraction of sp³-hybridized carbons (Fsp3) is 0. The number of hydrogen-bond acceptors (Lipinski definition) is 4. The number of fused-ring (bicyclic) bond motifs is 2. The highest BCUT2D eigenvalue weighted by atomic mass is 16.3. The Labute approximate surface area is 131 Å². The molecule has 4 nitrogen and oxygen atoms in total. The third-order valence-electron chi connectivity index (χ3n) is 3.95. The van der Waals surface area contributed by atoms with Crippen molar-refractivity contribution in [1.82, 2.24) is 0 Å². The molecule has 0 unspecified atom stereocenters. The first kappa shape index (κ1) is 13.4. The maximum absolute atomic E-state index is 12.7. The Morgan fingerprint density at radius 1 is 0.739 bits per heavy atom. The predicted molar refractivity (Wildman–Crippen MR) is 82.8 cm³/mol. The minimum absolute atomic E-state index is 0.158. The highest BCUT2D eigenvalue weighted by Gasteiger charge is 2.29.